The van der Waals surface area contributed by atoms with Crippen molar-refractivity contribution >= 4 is 11.4 Å². The highest BCUT2D eigenvalue weighted by Crippen LogP contribution is 2.36. The largest absolute Gasteiger partial charge is 0.399 e. The zero-order chi connectivity index (χ0) is 11.7. The molecule has 0 spiro atoms. The lowest BCUT2D eigenvalue weighted by atomic mass is 9.85. The molecular weight excluding hydrogens is 208 g/mol. The Morgan fingerprint density at radius 3 is 2.82 bits per heavy atom. The first kappa shape index (κ1) is 10.2. The van der Waals surface area contributed by atoms with E-state index in [2.05, 4.69) is 41.7 Å². The minimum absolute atomic E-state index is 0.468. The Morgan fingerprint density at radius 2 is 1.94 bits per heavy atom. The molecule has 0 saturated carbocycles. The summed E-state index contributed by atoms with van der Waals surface area (Å²) < 4.78 is 0. The van der Waals surface area contributed by atoms with Gasteiger partial charge in [0.2, 0.25) is 0 Å². The summed E-state index contributed by atoms with van der Waals surface area (Å²) in [5, 5.41) is 3.45. The van der Waals surface area contributed by atoms with Crippen LogP contribution >= 0.6 is 0 Å². The number of para-hydroxylation sites is 1. The van der Waals surface area contributed by atoms with Gasteiger partial charge < -0.3 is 11.1 Å². The first-order valence-electron chi connectivity index (χ1n) is 6.03. The van der Waals surface area contributed by atoms with Gasteiger partial charge >= 0.3 is 0 Å². The summed E-state index contributed by atoms with van der Waals surface area (Å²) in [6, 6.07) is 16.8. The molecule has 1 aliphatic rings. The van der Waals surface area contributed by atoms with Gasteiger partial charge in [-0.25, -0.2) is 0 Å². The number of fused-ring (bicyclic) bond motifs is 1. The molecule has 0 fully saturated rings. The van der Waals surface area contributed by atoms with Crippen LogP contribution < -0.4 is 11.1 Å². The van der Waals surface area contributed by atoms with Gasteiger partial charge in [0.25, 0.3) is 0 Å². The second kappa shape index (κ2) is 4.13. The number of anilines is 2. The Balaban J connectivity index is 2.06. The predicted molar refractivity (Wildman–Crippen MR) is 72.2 cm³/mol. The number of nitrogens with two attached hydrogens (primary N) is 1. The van der Waals surface area contributed by atoms with E-state index in [1.807, 2.05) is 12.1 Å². The summed E-state index contributed by atoms with van der Waals surface area (Å²) in [7, 11) is 0. The highest BCUT2D eigenvalue weighted by molar-refractivity contribution is 5.58. The van der Waals surface area contributed by atoms with Crippen LogP contribution in [0.4, 0.5) is 11.4 Å². The Kier molecular flexibility index (Phi) is 2.48. The highest BCUT2D eigenvalue weighted by atomic mass is 14.9. The molecule has 0 amide bonds. The Labute approximate surface area is 101 Å². The first-order chi connectivity index (χ1) is 8.34. The highest BCUT2D eigenvalue weighted by Gasteiger charge is 2.20. The quantitative estimate of drug-likeness (QED) is 0.730. The third-order valence-electron chi connectivity index (χ3n) is 3.40. The fraction of sp³-hybridized carbons (Fsp3) is 0.200. The van der Waals surface area contributed by atoms with Crippen molar-refractivity contribution in [2.24, 2.45) is 0 Å². The van der Waals surface area contributed by atoms with Gasteiger partial charge in [-0.1, -0.05) is 30.3 Å². The standard InChI is InChI=1S/C15H16N2/c16-12-5-3-4-11(10-12)13-8-9-17-15-7-2-1-6-14(13)15/h1-7,10,13,17H,8-9,16H2/t13-/m1/s1. The van der Waals surface area contributed by atoms with E-state index in [1.54, 1.807) is 0 Å². The van der Waals surface area contributed by atoms with Gasteiger partial charge in [0, 0.05) is 23.8 Å². The van der Waals surface area contributed by atoms with Gasteiger partial charge in [0.15, 0.2) is 0 Å². The van der Waals surface area contributed by atoms with Crippen molar-refractivity contribution in [2.75, 3.05) is 17.6 Å². The summed E-state index contributed by atoms with van der Waals surface area (Å²) >= 11 is 0. The average Bonchev–Trinajstić information content (AvgIpc) is 2.38. The predicted octanol–water partition coefficient (Wildman–Crippen LogP) is 3.22. The van der Waals surface area contributed by atoms with Crippen molar-refractivity contribution in [3.05, 3.63) is 59.7 Å². The zero-order valence-corrected chi connectivity index (χ0v) is 9.69. The molecule has 1 atom stereocenters. The molecule has 2 nitrogen and oxygen atoms in total. The molecule has 1 aliphatic heterocycles. The van der Waals surface area contributed by atoms with E-state index >= 15 is 0 Å². The van der Waals surface area contributed by atoms with Crippen LogP contribution in [0.5, 0.6) is 0 Å². The van der Waals surface area contributed by atoms with Crippen LogP contribution in [0.1, 0.15) is 23.5 Å². The molecule has 3 N–H and O–H groups in total. The fourth-order valence-electron chi connectivity index (χ4n) is 2.59. The number of benzene rings is 2. The van der Waals surface area contributed by atoms with Crippen molar-refractivity contribution in [3.8, 4) is 0 Å². The van der Waals surface area contributed by atoms with E-state index in [1.165, 1.54) is 16.8 Å². The Hall–Kier alpha value is -1.96. The maximum absolute atomic E-state index is 5.87. The molecule has 0 radical (unpaired) electrons. The molecule has 2 heteroatoms. The number of nitrogen functional groups attached to an aromatic ring is 1. The van der Waals surface area contributed by atoms with Crippen LogP contribution in [0, 0.1) is 0 Å². The molecule has 2 aromatic rings. The van der Waals surface area contributed by atoms with Crippen LogP contribution in [-0.2, 0) is 0 Å². The van der Waals surface area contributed by atoms with Crippen LogP contribution in [0.2, 0.25) is 0 Å². The van der Waals surface area contributed by atoms with Gasteiger partial charge in [0.05, 0.1) is 0 Å². The molecule has 0 aromatic heterocycles. The van der Waals surface area contributed by atoms with Crippen LogP contribution in [-0.4, -0.2) is 6.54 Å². The molecule has 0 bridgehead atoms. The second-order valence-electron chi connectivity index (χ2n) is 4.53. The maximum Gasteiger partial charge on any atom is 0.0379 e. The van der Waals surface area contributed by atoms with Crippen molar-refractivity contribution in [1.29, 1.82) is 0 Å². The number of rotatable bonds is 1. The van der Waals surface area contributed by atoms with E-state index in [0.29, 0.717) is 5.92 Å². The van der Waals surface area contributed by atoms with Crippen LogP contribution in [0.25, 0.3) is 0 Å². The topological polar surface area (TPSA) is 38.0 Å². The van der Waals surface area contributed by atoms with Gasteiger partial charge in [0.1, 0.15) is 0 Å². The van der Waals surface area contributed by atoms with Crippen molar-refractivity contribution < 1.29 is 0 Å². The Morgan fingerprint density at radius 1 is 1.06 bits per heavy atom. The molecule has 3 rings (SSSR count). The monoisotopic (exact) mass is 224 g/mol. The van der Waals surface area contributed by atoms with E-state index in [0.717, 1.165) is 18.7 Å². The normalized spacial score (nSPS) is 18.2. The lowest BCUT2D eigenvalue weighted by Crippen LogP contribution is -2.17. The minimum atomic E-state index is 0.468. The molecule has 86 valence electrons. The molecule has 1 heterocycles. The van der Waals surface area contributed by atoms with E-state index in [9.17, 15) is 0 Å². The molecule has 0 aliphatic carbocycles. The summed E-state index contributed by atoms with van der Waals surface area (Å²) in [5.74, 6) is 0.468. The summed E-state index contributed by atoms with van der Waals surface area (Å²) in [4.78, 5) is 0. The van der Waals surface area contributed by atoms with Crippen LogP contribution in [0.3, 0.4) is 0 Å². The van der Waals surface area contributed by atoms with Gasteiger partial charge in [-0.15, -0.1) is 0 Å². The first-order valence-corrected chi connectivity index (χ1v) is 6.03. The Bertz CT molecular complexity index is 534. The van der Waals surface area contributed by atoms with Crippen LogP contribution in [0.15, 0.2) is 48.5 Å². The lowest BCUT2D eigenvalue weighted by Gasteiger charge is -2.27. The van der Waals surface area contributed by atoms with Gasteiger partial charge in [-0.05, 0) is 35.7 Å². The third kappa shape index (κ3) is 1.86. The van der Waals surface area contributed by atoms with Gasteiger partial charge in [-0.3, -0.25) is 0 Å². The van der Waals surface area contributed by atoms with Crippen molar-refractivity contribution in [3.63, 3.8) is 0 Å². The minimum Gasteiger partial charge on any atom is -0.399 e. The second-order valence-corrected chi connectivity index (χ2v) is 4.53. The van der Waals surface area contributed by atoms with E-state index in [-0.39, 0.29) is 0 Å². The van der Waals surface area contributed by atoms with E-state index in [4.69, 9.17) is 5.73 Å². The number of hydrogen-bond acceptors (Lipinski definition) is 2. The SMILES string of the molecule is Nc1cccc([C@H]2CCNc3ccccc32)c1. The van der Waals surface area contributed by atoms with Gasteiger partial charge in [-0.2, -0.15) is 0 Å². The third-order valence-corrected chi connectivity index (χ3v) is 3.40. The van der Waals surface area contributed by atoms with Crippen molar-refractivity contribution in [2.45, 2.75) is 12.3 Å². The molecular formula is C15H16N2. The summed E-state index contributed by atoms with van der Waals surface area (Å²) in [5.41, 5.74) is 10.7. The van der Waals surface area contributed by atoms with Crippen molar-refractivity contribution in [1.82, 2.24) is 0 Å². The summed E-state index contributed by atoms with van der Waals surface area (Å²) in [6.45, 7) is 1.02. The molecule has 0 unspecified atom stereocenters. The number of nitrogens with one attached hydrogen (secondary N) is 1. The zero-order valence-electron chi connectivity index (χ0n) is 9.69. The number of hydrogen-bond donors (Lipinski definition) is 2. The lowest BCUT2D eigenvalue weighted by molar-refractivity contribution is 0.720. The molecule has 2 aromatic carbocycles. The average molecular weight is 224 g/mol. The molecule has 0 saturated heterocycles. The molecule has 17 heavy (non-hydrogen) atoms. The van der Waals surface area contributed by atoms with E-state index < -0.39 is 0 Å². The smallest absolute Gasteiger partial charge is 0.0379 e. The fourth-order valence-corrected chi connectivity index (χ4v) is 2.59. The maximum atomic E-state index is 5.87. The summed E-state index contributed by atoms with van der Waals surface area (Å²) in [6.07, 6.45) is 1.13.